The van der Waals surface area contributed by atoms with Gasteiger partial charge in [-0.15, -0.1) is 0 Å². The van der Waals surface area contributed by atoms with Gasteiger partial charge in [0.1, 0.15) is 0 Å². The SMILES string of the molecule is O=C(O)[I-]C(C(=O)O)N(CC1=CC=CI=N1)Cc1ccccn1. The van der Waals surface area contributed by atoms with Crippen LogP contribution in [-0.4, -0.2) is 40.6 Å². The van der Waals surface area contributed by atoms with Crippen LogP contribution in [0, 0.1) is 0 Å². The second-order valence-electron chi connectivity index (χ2n) is 4.42. The van der Waals surface area contributed by atoms with Crippen molar-refractivity contribution in [2.45, 2.75) is 10.6 Å². The second-order valence-corrected chi connectivity index (χ2v) is 8.90. The minimum atomic E-state index is -1.57. The first-order chi connectivity index (χ1) is 11.1. The van der Waals surface area contributed by atoms with E-state index in [2.05, 4.69) is 8.13 Å². The Morgan fingerprint density at radius 1 is 1.30 bits per heavy atom. The number of aromatic nitrogens is 1. The predicted octanol–water partition coefficient (Wildman–Crippen LogP) is -0.373. The predicted molar refractivity (Wildman–Crippen MR) is 87.8 cm³/mol. The number of hydrogen-bond donors (Lipinski definition) is 2. The summed E-state index contributed by atoms with van der Waals surface area (Å²) in [6.07, 6.45) is 5.39. The van der Waals surface area contributed by atoms with Gasteiger partial charge < -0.3 is 0 Å². The van der Waals surface area contributed by atoms with Gasteiger partial charge in [-0.25, -0.2) is 0 Å². The Bertz CT molecular complexity index is 661. The number of allylic oxidation sites excluding steroid dienone is 2. The zero-order chi connectivity index (χ0) is 16.7. The number of nitrogens with zero attached hydrogens (tertiary/aromatic N) is 3. The molecule has 2 rings (SSSR count). The van der Waals surface area contributed by atoms with E-state index < -0.39 is 56.2 Å². The molecule has 0 aromatic carbocycles. The van der Waals surface area contributed by atoms with E-state index in [9.17, 15) is 14.7 Å². The van der Waals surface area contributed by atoms with E-state index in [0.29, 0.717) is 12.2 Å². The molecule has 0 spiro atoms. The Morgan fingerprint density at radius 3 is 2.70 bits per heavy atom. The van der Waals surface area contributed by atoms with Gasteiger partial charge in [0.25, 0.3) is 0 Å². The molecule has 0 fully saturated rings. The molecule has 23 heavy (non-hydrogen) atoms. The van der Waals surface area contributed by atoms with Crippen molar-refractivity contribution in [3.63, 3.8) is 0 Å². The molecule has 9 heteroatoms. The van der Waals surface area contributed by atoms with Crippen molar-refractivity contribution in [2.24, 2.45) is 3.15 Å². The van der Waals surface area contributed by atoms with Crippen LogP contribution in [0.1, 0.15) is 5.69 Å². The summed E-state index contributed by atoms with van der Waals surface area (Å²) in [4.78, 5) is 28.5. The quantitative estimate of drug-likeness (QED) is 0.201. The summed E-state index contributed by atoms with van der Waals surface area (Å²) in [6.45, 7) is 0.588. The van der Waals surface area contributed by atoms with Crippen LogP contribution in [0.25, 0.3) is 0 Å². The van der Waals surface area contributed by atoms with Gasteiger partial charge in [-0.05, 0) is 0 Å². The molecule has 0 aliphatic carbocycles. The second kappa shape index (κ2) is 9.17. The average molecular weight is 542 g/mol. The summed E-state index contributed by atoms with van der Waals surface area (Å²) in [7, 11) is 0. The number of carboxylic acid groups (broad SMARTS) is 2. The number of aliphatic carboxylic acids is 1. The summed E-state index contributed by atoms with van der Waals surface area (Å²) in [5, 5.41) is 18.5. The maximum atomic E-state index is 11.6. The van der Waals surface area contributed by atoms with Crippen LogP contribution in [0.15, 0.2) is 49.5 Å². The zero-order valence-corrected chi connectivity index (χ0v) is 16.2. The molecule has 0 radical (unpaired) electrons. The van der Waals surface area contributed by atoms with Gasteiger partial charge in [-0.1, -0.05) is 0 Å². The van der Waals surface area contributed by atoms with Crippen LogP contribution in [0.5, 0.6) is 0 Å². The van der Waals surface area contributed by atoms with Crippen LogP contribution in [-0.2, 0) is 11.3 Å². The minimum absolute atomic E-state index is 0.277. The Morgan fingerprint density at radius 2 is 2.13 bits per heavy atom. The van der Waals surface area contributed by atoms with Crippen molar-refractivity contribution >= 4 is 31.0 Å². The molecular weight excluding hydrogens is 528 g/mol. The van der Waals surface area contributed by atoms with Crippen LogP contribution in [0.3, 0.4) is 0 Å². The average Bonchev–Trinajstić information content (AvgIpc) is 2.53. The van der Waals surface area contributed by atoms with Crippen LogP contribution in [0.4, 0.5) is 4.79 Å². The first-order valence-corrected chi connectivity index (χ1v) is 11.0. The van der Waals surface area contributed by atoms with Crippen molar-refractivity contribution in [2.75, 3.05) is 6.54 Å². The van der Waals surface area contributed by atoms with Crippen molar-refractivity contribution < 1.29 is 41.0 Å². The Kier molecular flexibility index (Phi) is 7.23. The van der Waals surface area contributed by atoms with E-state index in [4.69, 9.17) is 5.11 Å². The molecule has 2 N–H and O–H groups in total. The molecule has 1 aromatic rings. The molecule has 0 saturated heterocycles. The molecule has 1 aliphatic heterocycles. The maximum absolute atomic E-state index is 11.6. The van der Waals surface area contributed by atoms with Gasteiger partial charge in [0.2, 0.25) is 0 Å². The molecule has 2 heterocycles. The fraction of sp³-hybridized carbons (Fsp3) is 0.214. The van der Waals surface area contributed by atoms with Crippen molar-refractivity contribution in [3.8, 4) is 0 Å². The van der Waals surface area contributed by atoms with E-state index in [1.165, 1.54) is 0 Å². The molecule has 0 amide bonds. The van der Waals surface area contributed by atoms with Crippen LogP contribution < -0.4 is 21.2 Å². The summed E-state index contributed by atoms with van der Waals surface area (Å²) in [5.41, 5.74) is 1.49. The summed E-state index contributed by atoms with van der Waals surface area (Å²) < 4.78 is 4.37. The third-order valence-electron chi connectivity index (χ3n) is 2.75. The fourth-order valence-corrected chi connectivity index (χ4v) is 4.65. The third kappa shape index (κ3) is 6.06. The van der Waals surface area contributed by atoms with Gasteiger partial charge >= 0.3 is 154 Å². The fourth-order valence-electron chi connectivity index (χ4n) is 1.86. The van der Waals surface area contributed by atoms with Crippen LogP contribution >= 0.6 is 21.0 Å². The van der Waals surface area contributed by atoms with E-state index in [-0.39, 0.29) is 6.54 Å². The van der Waals surface area contributed by atoms with Crippen molar-refractivity contribution in [1.82, 2.24) is 9.88 Å². The molecule has 1 aromatic heterocycles. The van der Waals surface area contributed by atoms with Gasteiger partial charge in [-0.3, -0.25) is 0 Å². The zero-order valence-electron chi connectivity index (χ0n) is 11.8. The third-order valence-corrected chi connectivity index (χ3v) is 6.83. The number of carbonyl (C=O) groups is 2. The van der Waals surface area contributed by atoms with E-state index >= 15 is 0 Å². The number of carboxylic acids is 1. The van der Waals surface area contributed by atoms with Gasteiger partial charge in [0, 0.05) is 0 Å². The first-order valence-electron chi connectivity index (χ1n) is 6.49. The number of pyridine rings is 1. The number of halogens is 2. The summed E-state index contributed by atoms with van der Waals surface area (Å²) in [6, 6.07) is 5.39. The standard InChI is InChI=1S/C14H14I2N3O4/c20-13(21)12(16-14(22)23)19(8-10-4-1-2-7-17-10)9-11-5-3-6-15-18-11/h1-7,12H,8-9H2,(H,20,21)(H,22,23)/q-1. The first kappa shape index (κ1) is 18.1. The number of alkyl halides is 1. The van der Waals surface area contributed by atoms with Crippen LogP contribution in [0.2, 0.25) is 0 Å². The van der Waals surface area contributed by atoms with Gasteiger partial charge in [0.15, 0.2) is 0 Å². The summed E-state index contributed by atoms with van der Waals surface area (Å²) >= 11 is -1.96. The van der Waals surface area contributed by atoms with E-state index in [1.54, 1.807) is 23.2 Å². The Labute approximate surface area is 153 Å². The molecule has 1 aliphatic rings. The monoisotopic (exact) mass is 542 g/mol. The molecular formula is C14H14I2N3O4-. The normalized spacial score (nSPS) is 15.1. The molecule has 7 nitrogen and oxygen atoms in total. The van der Waals surface area contributed by atoms with E-state index in [1.807, 2.05) is 22.3 Å². The molecule has 1 atom stereocenters. The number of hydrogen-bond acceptors (Lipinski definition) is 5. The molecule has 1 unspecified atom stereocenters. The van der Waals surface area contributed by atoms with Crippen molar-refractivity contribution in [3.05, 3.63) is 52.0 Å². The van der Waals surface area contributed by atoms with Crippen molar-refractivity contribution in [1.29, 1.82) is 0 Å². The topological polar surface area (TPSA) is 103 Å². The van der Waals surface area contributed by atoms with Gasteiger partial charge in [0.05, 0.1) is 0 Å². The Balaban J connectivity index is 2.23. The number of rotatable bonds is 8. The van der Waals surface area contributed by atoms with E-state index in [0.717, 1.165) is 5.70 Å². The Hall–Kier alpha value is -1.21. The van der Waals surface area contributed by atoms with Gasteiger partial charge in [-0.2, -0.15) is 0 Å². The molecule has 0 bridgehead atoms. The molecule has 124 valence electrons. The molecule has 0 saturated carbocycles. The summed E-state index contributed by atoms with van der Waals surface area (Å²) in [5.74, 6) is -1.11.